The Hall–Kier alpha value is -0.610. The molecule has 1 aliphatic rings. The molecule has 0 atom stereocenters. The number of hydrogen-bond donors (Lipinski definition) is 1. The van der Waals surface area contributed by atoms with Gasteiger partial charge in [0.1, 0.15) is 0 Å². The number of piperidine rings is 1. The van der Waals surface area contributed by atoms with E-state index in [1.54, 1.807) is 26.1 Å². The second-order valence-electron chi connectivity index (χ2n) is 6.18. The van der Waals surface area contributed by atoms with Crippen molar-refractivity contribution in [3.05, 3.63) is 0 Å². The molecule has 7 nitrogen and oxygen atoms in total. The summed E-state index contributed by atoms with van der Waals surface area (Å²) in [5.41, 5.74) is 0. The van der Waals surface area contributed by atoms with Gasteiger partial charge in [-0.2, -0.15) is 0 Å². The lowest BCUT2D eigenvalue weighted by atomic mass is 10.1. The highest BCUT2D eigenvalue weighted by Crippen LogP contribution is 2.14. The lowest BCUT2D eigenvalue weighted by molar-refractivity contribution is -0.128. The van der Waals surface area contributed by atoms with Gasteiger partial charge in [0.05, 0.1) is 12.6 Å². The van der Waals surface area contributed by atoms with Gasteiger partial charge in [-0.1, -0.05) is 0 Å². The second kappa shape index (κ2) is 14.5. The lowest BCUT2D eigenvalue weighted by Crippen LogP contribution is -2.47. The molecule has 0 saturated carbocycles. The third kappa shape index (κ3) is 10.2. The third-order valence-corrected chi connectivity index (χ3v) is 4.01. The Morgan fingerprint density at radius 1 is 1.28 bits per heavy atom. The first-order chi connectivity index (χ1) is 11.6. The van der Waals surface area contributed by atoms with Crippen molar-refractivity contribution in [1.29, 1.82) is 0 Å². The largest absolute Gasteiger partial charge is 0.385 e. The summed E-state index contributed by atoms with van der Waals surface area (Å²) in [4.78, 5) is 20.1. The maximum atomic E-state index is 11.6. The van der Waals surface area contributed by atoms with Crippen molar-refractivity contribution in [3.63, 3.8) is 0 Å². The molecule has 1 amide bonds. The molecular weight excluding hydrogens is 435 g/mol. The predicted molar refractivity (Wildman–Crippen MR) is 112 cm³/mol. The Kier molecular flexibility index (Phi) is 14.2. The van der Waals surface area contributed by atoms with Crippen LogP contribution in [0.4, 0.5) is 0 Å². The van der Waals surface area contributed by atoms with Crippen LogP contribution >= 0.6 is 24.0 Å². The summed E-state index contributed by atoms with van der Waals surface area (Å²) in [6, 6.07) is 0. The average molecular weight is 470 g/mol. The van der Waals surface area contributed by atoms with E-state index in [0.717, 1.165) is 58.1 Å². The maximum absolute atomic E-state index is 11.6. The fraction of sp³-hybridized carbons (Fsp3) is 0.882. The van der Waals surface area contributed by atoms with Gasteiger partial charge in [-0.15, -0.1) is 24.0 Å². The number of carbonyl (C=O) groups is 1. The molecule has 0 spiro atoms. The minimum Gasteiger partial charge on any atom is -0.385 e. The summed E-state index contributed by atoms with van der Waals surface area (Å²) in [6.45, 7) is 6.79. The van der Waals surface area contributed by atoms with Crippen LogP contribution in [0.1, 0.15) is 32.6 Å². The van der Waals surface area contributed by atoms with E-state index in [2.05, 4.69) is 22.1 Å². The Bertz CT molecular complexity index is 386. The molecule has 8 heteroatoms. The number of carbonyl (C=O) groups excluding carboxylic acids is 1. The summed E-state index contributed by atoms with van der Waals surface area (Å²) >= 11 is 0. The first-order valence-corrected chi connectivity index (χ1v) is 8.92. The lowest BCUT2D eigenvalue weighted by Gasteiger charge is -2.34. The molecule has 0 aromatic heterocycles. The van der Waals surface area contributed by atoms with Crippen LogP contribution in [-0.4, -0.2) is 88.4 Å². The van der Waals surface area contributed by atoms with Crippen molar-refractivity contribution in [3.8, 4) is 0 Å². The van der Waals surface area contributed by atoms with E-state index in [4.69, 9.17) is 9.47 Å². The molecule has 1 saturated heterocycles. The van der Waals surface area contributed by atoms with E-state index >= 15 is 0 Å². The normalized spacial score (nSPS) is 15.7. The second-order valence-corrected chi connectivity index (χ2v) is 6.18. The Morgan fingerprint density at radius 2 is 1.96 bits per heavy atom. The third-order valence-electron chi connectivity index (χ3n) is 4.01. The van der Waals surface area contributed by atoms with Gasteiger partial charge in [-0.3, -0.25) is 9.79 Å². The van der Waals surface area contributed by atoms with Gasteiger partial charge in [0.2, 0.25) is 5.91 Å². The first-order valence-electron chi connectivity index (χ1n) is 8.92. The summed E-state index contributed by atoms with van der Waals surface area (Å²) in [7, 11) is 5.26. The standard InChI is InChI=1S/C17H34N4O3.HI/c1-5-18-17(19-10-7-16(22)20(2)3)21-11-8-15(9-12-21)24-14-6-13-23-4;/h15H,5-14H2,1-4H3,(H,18,19);1H. The Labute approximate surface area is 169 Å². The van der Waals surface area contributed by atoms with Crippen LogP contribution in [0, 0.1) is 0 Å². The number of aliphatic imine (C=N–C) groups is 1. The van der Waals surface area contributed by atoms with Gasteiger partial charge in [0, 0.05) is 60.5 Å². The molecule has 1 fully saturated rings. The number of ether oxygens (including phenoxy) is 2. The van der Waals surface area contributed by atoms with Gasteiger partial charge in [-0.25, -0.2) is 0 Å². The van der Waals surface area contributed by atoms with E-state index < -0.39 is 0 Å². The van der Waals surface area contributed by atoms with Crippen molar-refractivity contribution in [2.45, 2.75) is 38.7 Å². The van der Waals surface area contributed by atoms with Crippen LogP contribution in [-0.2, 0) is 14.3 Å². The highest BCUT2D eigenvalue weighted by molar-refractivity contribution is 14.0. The molecule has 148 valence electrons. The van der Waals surface area contributed by atoms with Crippen LogP contribution in [0.5, 0.6) is 0 Å². The quantitative estimate of drug-likeness (QED) is 0.240. The zero-order valence-electron chi connectivity index (χ0n) is 16.1. The smallest absolute Gasteiger partial charge is 0.223 e. The number of guanidine groups is 1. The molecule has 0 aromatic rings. The molecule has 0 unspecified atom stereocenters. The van der Waals surface area contributed by atoms with Gasteiger partial charge >= 0.3 is 0 Å². The number of rotatable bonds is 9. The molecule has 0 aromatic carbocycles. The zero-order valence-corrected chi connectivity index (χ0v) is 18.5. The van der Waals surface area contributed by atoms with Crippen molar-refractivity contribution in [1.82, 2.24) is 15.1 Å². The highest BCUT2D eigenvalue weighted by atomic mass is 127. The van der Waals surface area contributed by atoms with Crippen molar-refractivity contribution >= 4 is 35.8 Å². The van der Waals surface area contributed by atoms with E-state index in [9.17, 15) is 4.79 Å². The number of hydrogen-bond acceptors (Lipinski definition) is 4. The SMILES string of the molecule is CCNC(=NCCC(=O)N(C)C)N1CCC(OCCCOC)CC1.I. The number of likely N-dealkylation sites (tertiary alicyclic amines) is 1. The fourth-order valence-electron chi connectivity index (χ4n) is 2.59. The summed E-state index contributed by atoms with van der Waals surface area (Å²) < 4.78 is 10.9. The maximum Gasteiger partial charge on any atom is 0.223 e. The number of amides is 1. The summed E-state index contributed by atoms with van der Waals surface area (Å²) in [5, 5.41) is 3.32. The van der Waals surface area contributed by atoms with Crippen LogP contribution in [0.2, 0.25) is 0 Å². The zero-order chi connectivity index (χ0) is 17.8. The molecule has 1 N–H and O–H groups in total. The fourth-order valence-corrected chi connectivity index (χ4v) is 2.59. The average Bonchev–Trinajstić information content (AvgIpc) is 2.58. The minimum atomic E-state index is 0. The molecule has 1 rings (SSSR count). The van der Waals surface area contributed by atoms with Gasteiger partial charge < -0.3 is 24.6 Å². The number of nitrogens with zero attached hydrogens (tertiary/aromatic N) is 3. The molecule has 1 heterocycles. The van der Waals surface area contributed by atoms with Crippen LogP contribution in [0.3, 0.4) is 0 Å². The van der Waals surface area contributed by atoms with E-state index in [1.807, 2.05) is 0 Å². The minimum absolute atomic E-state index is 0. The van der Waals surface area contributed by atoms with Gasteiger partial charge in [0.25, 0.3) is 0 Å². The molecular formula is C17H35IN4O3. The highest BCUT2D eigenvalue weighted by Gasteiger charge is 2.21. The summed E-state index contributed by atoms with van der Waals surface area (Å²) in [5.74, 6) is 1.01. The van der Waals surface area contributed by atoms with Crippen molar-refractivity contribution in [2.75, 3.05) is 60.6 Å². The molecule has 1 aliphatic heterocycles. The Morgan fingerprint density at radius 3 is 2.52 bits per heavy atom. The van der Waals surface area contributed by atoms with Crippen LogP contribution < -0.4 is 5.32 Å². The number of nitrogens with one attached hydrogen (secondary N) is 1. The van der Waals surface area contributed by atoms with Crippen molar-refractivity contribution in [2.24, 2.45) is 4.99 Å². The number of halogens is 1. The first kappa shape index (κ1) is 24.4. The van der Waals surface area contributed by atoms with Gasteiger partial charge in [0.15, 0.2) is 5.96 Å². The molecule has 0 aliphatic carbocycles. The van der Waals surface area contributed by atoms with E-state index in [0.29, 0.717) is 19.1 Å². The van der Waals surface area contributed by atoms with E-state index in [-0.39, 0.29) is 29.9 Å². The summed E-state index contributed by atoms with van der Waals surface area (Å²) in [6.07, 6.45) is 3.74. The van der Waals surface area contributed by atoms with Gasteiger partial charge in [-0.05, 0) is 26.2 Å². The number of methoxy groups -OCH3 is 1. The monoisotopic (exact) mass is 470 g/mol. The van der Waals surface area contributed by atoms with E-state index in [1.165, 1.54) is 0 Å². The molecule has 0 radical (unpaired) electrons. The topological polar surface area (TPSA) is 66.4 Å². The van der Waals surface area contributed by atoms with Crippen LogP contribution in [0.25, 0.3) is 0 Å². The van der Waals surface area contributed by atoms with Crippen molar-refractivity contribution < 1.29 is 14.3 Å². The van der Waals surface area contributed by atoms with Crippen LogP contribution in [0.15, 0.2) is 4.99 Å². The predicted octanol–water partition coefficient (Wildman–Crippen LogP) is 1.57. The Balaban J connectivity index is 0.00000576. The molecule has 0 bridgehead atoms. The molecule has 25 heavy (non-hydrogen) atoms.